The topological polar surface area (TPSA) is 96.6 Å². The Bertz CT molecular complexity index is 657. The molecular weight excluding hydrogens is 388 g/mol. The maximum atomic E-state index is 11.8. The summed E-state index contributed by atoms with van der Waals surface area (Å²) in [5.41, 5.74) is 5.75. The molecular formula is C17H23BrN4O3. The zero-order valence-corrected chi connectivity index (χ0v) is 16.0. The third kappa shape index (κ3) is 4.56. The molecule has 1 aliphatic rings. The third-order valence-corrected chi connectivity index (χ3v) is 5.06. The summed E-state index contributed by atoms with van der Waals surface area (Å²) in [6.07, 6.45) is 3.66. The molecule has 1 atom stereocenters. The molecule has 1 aromatic heterocycles. The van der Waals surface area contributed by atoms with E-state index >= 15 is 0 Å². The van der Waals surface area contributed by atoms with E-state index in [-0.39, 0.29) is 5.54 Å². The Morgan fingerprint density at radius 1 is 1.44 bits per heavy atom. The first kappa shape index (κ1) is 19.4. The van der Waals surface area contributed by atoms with Gasteiger partial charge in [-0.05, 0) is 67.1 Å². The Kier molecular flexibility index (Phi) is 6.16. The van der Waals surface area contributed by atoms with Gasteiger partial charge >= 0.3 is 0 Å². The SMILES string of the molecule is CC1(C)C[C@H](CCCN(C=O)C=O)CN1c1nc(Br)ccc1C(N)=O. The van der Waals surface area contributed by atoms with Crippen molar-refractivity contribution in [1.82, 2.24) is 9.88 Å². The van der Waals surface area contributed by atoms with Crippen molar-refractivity contribution >= 4 is 40.5 Å². The van der Waals surface area contributed by atoms with Crippen LogP contribution in [0.1, 0.15) is 43.5 Å². The van der Waals surface area contributed by atoms with Gasteiger partial charge in [-0.15, -0.1) is 0 Å². The number of hydrogen-bond acceptors (Lipinski definition) is 5. The van der Waals surface area contributed by atoms with Crippen LogP contribution >= 0.6 is 15.9 Å². The Labute approximate surface area is 155 Å². The molecule has 0 radical (unpaired) electrons. The lowest BCUT2D eigenvalue weighted by atomic mass is 9.93. The van der Waals surface area contributed by atoms with Gasteiger partial charge in [0, 0.05) is 18.6 Å². The highest BCUT2D eigenvalue weighted by molar-refractivity contribution is 9.10. The molecule has 0 unspecified atom stereocenters. The van der Waals surface area contributed by atoms with Crippen LogP contribution in [0.15, 0.2) is 16.7 Å². The lowest BCUT2D eigenvalue weighted by molar-refractivity contribution is -0.129. The zero-order valence-electron chi connectivity index (χ0n) is 14.4. The molecule has 136 valence electrons. The van der Waals surface area contributed by atoms with Crippen molar-refractivity contribution in [2.75, 3.05) is 18.0 Å². The number of carbonyl (C=O) groups excluding carboxylic acids is 3. The molecule has 3 amide bonds. The number of aromatic nitrogens is 1. The highest BCUT2D eigenvalue weighted by Crippen LogP contribution is 2.39. The largest absolute Gasteiger partial charge is 0.365 e. The summed E-state index contributed by atoms with van der Waals surface area (Å²) >= 11 is 3.36. The van der Waals surface area contributed by atoms with Gasteiger partial charge in [0.2, 0.25) is 12.8 Å². The van der Waals surface area contributed by atoms with Crippen LogP contribution in [0.4, 0.5) is 5.82 Å². The van der Waals surface area contributed by atoms with E-state index < -0.39 is 5.91 Å². The standard InChI is InChI=1S/C17H23BrN4O3/c1-17(2)8-12(4-3-7-21(10-23)11-24)9-22(17)16-13(15(19)25)5-6-14(18)20-16/h5-6,10-12H,3-4,7-9H2,1-2H3,(H2,19,25)/t12-/m0/s1. The fourth-order valence-electron chi connectivity index (χ4n) is 3.47. The van der Waals surface area contributed by atoms with Crippen molar-refractivity contribution in [1.29, 1.82) is 0 Å². The van der Waals surface area contributed by atoms with Crippen LogP contribution in [0.3, 0.4) is 0 Å². The predicted molar refractivity (Wildman–Crippen MR) is 98.1 cm³/mol. The van der Waals surface area contributed by atoms with Gasteiger partial charge in [0.15, 0.2) is 0 Å². The van der Waals surface area contributed by atoms with Gasteiger partial charge in [-0.1, -0.05) is 0 Å². The number of nitrogens with zero attached hydrogens (tertiary/aromatic N) is 3. The molecule has 0 saturated carbocycles. The highest BCUT2D eigenvalue weighted by atomic mass is 79.9. The first-order valence-corrected chi connectivity index (χ1v) is 8.98. The lowest BCUT2D eigenvalue weighted by Crippen LogP contribution is -2.40. The van der Waals surface area contributed by atoms with E-state index in [2.05, 4.69) is 39.7 Å². The molecule has 2 rings (SSSR count). The van der Waals surface area contributed by atoms with Crippen LogP contribution in [0.2, 0.25) is 0 Å². The van der Waals surface area contributed by atoms with E-state index in [1.807, 2.05) is 0 Å². The number of anilines is 1. The Hall–Kier alpha value is -1.96. The van der Waals surface area contributed by atoms with Crippen LogP contribution in [-0.4, -0.2) is 47.2 Å². The van der Waals surface area contributed by atoms with Crippen molar-refractivity contribution in [2.45, 2.75) is 38.6 Å². The minimum atomic E-state index is -0.498. The number of imide groups is 1. The minimum Gasteiger partial charge on any atom is -0.365 e. The predicted octanol–water partition coefficient (Wildman–Crippen LogP) is 1.94. The van der Waals surface area contributed by atoms with Crippen molar-refractivity contribution in [3.8, 4) is 0 Å². The second-order valence-corrected chi connectivity index (χ2v) is 7.77. The number of rotatable bonds is 8. The Morgan fingerprint density at radius 3 is 2.72 bits per heavy atom. The van der Waals surface area contributed by atoms with Crippen molar-refractivity contribution < 1.29 is 14.4 Å². The van der Waals surface area contributed by atoms with Gasteiger partial charge in [-0.3, -0.25) is 19.3 Å². The molecule has 0 aliphatic carbocycles. The molecule has 1 aliphatic heterocycles. The van der Waals surface area contributed by atoms with Gasteiger partial charge in [0.05, 0.1) is 5.56 Å². The summed E-state index contributed by atoms with van der Waals surface area (Å²) in [7, 11) is 0. The van der Waals surface area contributed by atoms with Crippen molar-refractivity contribution in [3.05, 3.63) is 22.3 Å². The molecule has 2 heterocycles. The molecule has 7 nitrogen and oxygen atoms in total. The number of carbonyl (C=O) groups is 3. The van der Waals surface area contributed by atoms with Crippen LogP contribution in [0, 0.1) is 5.92 Å². The molecule has 0 bridgehead atoms. The molecule has 8 heteroatoms. The number of nitrogens with two attached hydrogens (primary N) is 1. The quantitative estimate of drug-likeness (QED) is 0.521. The summed E-state index contributed by atoms with van der Waals surface area (Å²) in [4.78, 5) is 40.8. The van der Waals surface area contributed by atoms with Gasteiger partial charge in [0.25, 0.3) is 5.91 Å². The van der Waals surface area contributed by atoms with Crippen LogP contribution in [-0.2, 0) is 9.59 Å². The van der Waals surface area contributed by atoms with E-state index in [0.717, 1.165) is 30.7 Å². The van der Waals surface area contributed by atoms with Crippen molar-refractivity contribution in [2.24, 2.45) is 11.7 Å². The fourth-order valence-corrected chi connectivity index (χ4v) is 3.77. The van der Waals surface area contributed by atoms with Gasteiger partial charge in [0.1, 0.15) is 10.4 Å². The summed E-state index contributed by atoms with van der Waals surface area (Å²) in [6.45, 7) is 5.40. The number of amides is 3. The first-order valence-electron chi connectivity index (χ1n) is 8.19. The van der Waals surface area contributed by atoms with Crippen LogP contribution < -0.4 is 10.6 Å². The molecule has 2 N–H and O–H groups in total. The zero-order chi connectivity index (χ0) is 18.6. The second-order valence-electron chi connectivity index (χ2n) is 6.95. The smallest absolute Gasteiger partial charge is 0.252 e. The second kappa shape index (κ2) is 7.95. The molecule has 25 heavy (non-hydrogen) atoms. The summed E-state index contributed by atoms with van der Waals surface area (Å²) in [5.74, 6) is 0.482. The van der Waals surface area contributed by atoms with Crippen LogP contribution in [0.5, 0.6) is 0 Å². The first-order chi connectivity index (χ1) is 11.8. The van der Waals surface area contributed by atoms with Gasteiger partial charge in [-0.2, -0.15) is 0 Å². The lowest BCUT2D eigenvalue weighted by Gasteiger charge is -2.33. The number of primary amides is 1. The average molecular weight is 411 g/mol. The van der Waals surface area contributed by atoms with E-state index in [0.29, 0.717) is 41.3 Å². The Morgan fingerprint density at radius 2 is 2.12 bits per heavy atom. The van der Waals surface area contributed by atoms with E-state index in [9.17, 15) is 14.4 Å². The number of hydrogen-bond donors (Lipinski definition) is 1. The Balaban J connectivity index is 2.12. The fraction of sp³-hybridized carbons (Fsp3) is 0.529. The maximum absolute atomic E-state index is 11.8. The maximum Gasteiger partial charge on any atom is 0.252 e. The normalized spacial score (nSPS) is 18.8. The monoisotopic (exact) mass is 410 g/mol. The summed E-state index contributed by atoms with van der Waals surface area (Å²) in [5, 5.41) is 0. The molecule has 1 fully saturated rings. The summed E-state index contributed by atoms with van der Waals surface area (Å²) < 4.78 is 0.652. The highest BCUT2D eigenvalue weighted by Gasteiger charge is 2.40. The molecule has 1 aromatic rings. The number of halogens is 1. The minimum absolute atomic E-state index is 0.169. The summed E-state index contributed by atoms with van der Waals surface area (Å²) in [6, 6.07) is 3.39. The van der Waals surface area contributed by atoms with E-state index in [1.165, 1.54) is 0 Å². The molecule has 1 saturated heterocycles. The molecule has 0 spiro atoms. The average Bonchev–Trinajstić information content (AvgIpc) is 2.85. The third-order valence-electron chi connectivity index (χ3n) is 4.62. The number of pyridine rings is 1. The van der Waals surface area contributed by atoms with Gasteiger partial charge < -0.3 is 10.6 Å². The van der Waals surface area contributed by atoms with Gasteiger partial charge in [-0.25, -0.2) is 4.98 Å². The van der Waals surface area contributed by atoms with E-state index in [4.69, 9.17) is 5.73 Å². The molecule has 0 aromatic carbocycles. The van der Waals surface area contributed by atoms with Crippen LogP contribution in [0.25, 0.3) is 0 Å². The van der Waals surface area contributed by atoms with E-state index in [1.54, 1.807) is 12.1 Å². The van der Waals surface area contributed by atoms with Crippen molar-refractivity contribution in [3.63, 3.8) is 0 Å².